The number of aromatic nitrogens is 1. The van der Waals surface area contributed by atoms with Gasteiger partial charge in [0.05, 0.1) is 0 Å². The number of nitrogens with two attached hydrogens (primary N) is 1. The zero-order valence-corrected chi connectivity index (χ0v) is 9.43. The van der Waals surface area contributed by atoms with Gasteiger partial charge in [-0.15, -0.1) is 0 Å². The molecule has 0 fully saturated rings. The number of nitrogens with one attached hydrogen (secondary N) is 1. The maximum atomic E-state index is 12.4. The molecule has 0 aliphatic carbocycles. The van der Waals surface area contributed by atoms with Crippen LogP contribution in [-0.4, -0.2) is 22.6 Å². The summed E-state index contributed by atoms with van der Waals surface area (Å²) in [5, 5.41) is 2.19. The van der Waals surface area contributed by atoms with Crippen molar-refractivity contribution < 1.29 is 18.0 Å². The van der Waals surface area contributed by atoms with E-state index in [1.54, 1.807) is 0 Å². The summed E-state index contributed by atoms with van der Waals surface area (Å²) in [6.45, 7) is 0.576. The third-order valence-electron chi connectivity index (χ3n) is 2.02. The zero-order chi connectivity index (χ0) is 13.3. The van der Waals surface area contributed by atoms with Crippen molar-refractivity contribution >= 4 is 23.3 Å². The third-order valence-corrected chi connectivity index (χ3v) is 2.26. The highest BCUT2D eigenvalue weighted by molar-refractivity contribution is 6.30. The fraction of sp³-hybridized carbons (Fsp3) is 0.333. The molecule has 0 spiro atoms. The van der Waals surface area contributed by atoms with E-state index < -0.39 is 17.6 Å². The van der Waals surface area contributed by atoms with Crippen molar-refractivity contribution in [3.05, 3.63) is 23.4 Å². The van der Waals surface area contributed by atoms with E-state index in [0.717, 1.165) is 0 Å². The van der Waals surface area contributed by atoms with Crippen LogP contribution in [0.25, 0.3) is 0 Å². The van der Waals surface area contributed by atoms with E-state index in [9.17, 15) is 18.0 Å². The first-order chi connectivity index (χ1) is 7.64. The predicted octanol–water partition coefficient (Wildman–Crippen LogP) is 1.95. The average molecular weight is 268 g/mol. The molecule has 1 unspecified atom stereocenters. The van der Waals surface area contributed by atoms with E-state index in [-0.39, 0.29) is 10.8 Å². The third kappa shape index (κ3) is 3.07. The number of hydrogen-bond acceptors (Lipinski definition) is 3. The highest BCUT2D eigenvalue weighted by atomic mass is 35.5. The molecule has 0 bridgehead atoms. The Labute approximate surface area is 100.0 Å². The van der Waals surface area contributed by atoms with Gasteiger partial charge in [0.1, 0.15) is 5.82 Å². The molecule has 4 nitrogen and oxygen atoms in total. The van der Waals surface area contributed by atoms with Gasteiger partial charge >= 0.3 is 6.18 Å². The van der Waals surface area contributed by atoms with Crippen LogP contribution in [-0.2, 0) is 4.79 Å². The summed E-state index contributed by atoms with van der Waals surface area (Å²) in [6, 6.07) is 2.63. The van der Waals surface area contributed by atoms with Crippen LogP contribution in [0.5, 0.6) is 0 Å². The molecule has 1 amide bonds. The summed E-state index contributed by atoms with van der Waals surface area (Å²) < 4.78 is 37.3. The number of rotatable bonds is 2. The Bertz CT molecular complexity index is 434. The molecule has 8 heteroatoms. The smallest absolute Gasteiger partial charge is 0.310 e. The highest BCUT2D eigenvalue weighted by Gasteiger charge is 2.54. The van der Waals surface area contributed by atoms with Crippen molar-refractivity contribution in [1.29, 1.82) is 0 Å². The fourth-order valence-corrected chi connectivity index (χ4v) is 1.01. The molecule has 3 N–H and O–H groups in total. The van der Waals surface area contributed by atoms with Gasteiger partial charge in [-0.05, 0) is 19.1 Å². The van der Waals surface area contributed by atoms with Crippen molar-refractivity contribution in [3.8, 4) is 0 Å². The molecule has 1 aromatic heterocycles. The lowest BCUT2D eigenvalue weighted by atomic mass is 10.0. The molecule has 1 heterocycles. The largest absolute Gasteiger partial charge is 0.415 e. The summed E-state index contributed by atoms with van der Waals surface area (Å²) >= 11 is 5.59. The Morgan fingerprint density at radius 2 is 2.12 bits per heavy atom. The first kappa shape index (κ1) is 13.7. The van der Waals surface area contributed by atoms with Crippen LogP contribution in [0.15, 0.2) is 18.3 Å². The summed E-state index contributed by atoms with van der Waals surface area (Å²) in [5.74, 6) is -1.50. The lowest BCUT2D eigenvalue weighted by molar-refractivity contribution is -0.184. The molecule has 1 atom stereocenters. The van der Waals surface area contributed by atoms with Crippen LogP contribution in [0.2, 0.25) is 5.02 Å². The summed E-state index contributed by atoms with van der Waals surface area (Å²) in [4.78, 5) is 15.0. The summed E-state index contributed by atoms with van der Waals surface area (Å²) in [6.07, 6.45) is -3.60. The zero-order valence-electron chi connectivity index (χ0n) is 8.68. The van der Waals surface area contributed by atoms with Crippen molar-refractivity contribution in [2.45, 2.75) is 18.6 Å². The normalized spacial score (nSPS) is 15.2. The number of alkyl halides is 3. The van der Waals surface area contributed by atoms with Crippen molar-refractivity contribution in [2.75, 3.05) is 5.32 Å². The molecule has 0 saturated carbocycles. The molecular weight excluding hydrogens is 259 g/mol. The highest BCUT2D eigenvalue weighted by Crippen LogP contribution is 2.28. The van der Waals surface area contributed by atoms with Crippen LogP contribution in [0.1, 0.15) is 6.92 Å². The quantitative estimate of drug-likeness (QED) is 0.861. The van der Waals surface area contributed by atoms with E-state index >= 15 is 0 Å². The minimum Gasteiger partial charge on any atom is -0.310 e. The molecule has 0 aromatic carbocycles. The minimum atomic E-state index is -4.85. The molecule has 94 valence electrons. The van der Waals surface area contributed by atoms with Crippen LogP contribution in [0.3, 0.4) is 0 Å². The molecular formula is C9H9ClF3N3O. The predicted molar refractivity (Wildman–Crippen MR) is 56.5 cm³/mol. The van der Waals surface area contributed by atoms with Gasteiger partial charge in [0.25, 0.3) is 5.91 Å². The van der Waals surface area contributed by atoms with E-state index in [4.69, 9.17) is 17.3 Å². The number of carbonyl (C=O) groups excluding carboxylic acids is 1. The number of pyridine rings is 1. The Hall–Kier alpha value is -1.34. The van der Waals surface area contributed by atoms with Crippen LogP contribution in [0, 0.1) is 0 Å². The first-order valence-corrected chi connectivity index (χ1v) is 4.81. The van der Waals surface area contributed by atoms with Crippen molar-refractivity contribution in [3.63, 3.8) is 0 Å². The Kier molecular flexibility index (Phi) is 3.63. The maximum Gasteiger partial charge on any atom is 0.415 e. The SMILES string of the molecule is CC(N)(C(=O)Nc1cc(Cl)ccn1)C(F)(F)F. The number of hydrogen-bond donors (Lipinski definition) is 2. The standard InChI is InChI=1S/C9H9ClF3N3O/c1-8(14,9(11,12)13)7(17)16-6-4-5(10)2-3-15-6/h2-4H,14H2,1H3,(H,15,16,17). The summed E-state index contributed by atoms with van der Waals surface area (Å²) in [5.41, 5.74) is 1.94. The maximum absolute atomic E-state index is 12.4. The second-order valence-corrected chi connectivity index (χ2v) is 3.95. The fourth-order valence-electron chi connectivity index (χ4n) is 0.848. The molecule has 1 aromatic rings. The molecule has 1 rings (SSSR count). The van der Waals surface area contributed by atoms with Gasteiger partial charge in [0, 0.05) is 11.2 Å². The molecule has 0 aliphatic heterocycles. The Balaban J connectivity index is 2.87. The van der Waals surface area contributed by atoms with Gasteiger partial charge < -0.3 is 11.1 Å². The monoisotopic (exact) mass is 267 g/mol. The molecule has 0 aliphatic rings. The molecule has 17 heavy (non-hydrogen) atoms. The van der Waals surface area contributed by atoms with E-state index in [1.807, 2.05) is 5.32 Å². The molecule has 0 radical (unpaired) electrons. The van der Waals surface area contributed by atoms with Crippen molar-refractivity contribution in [1.82, 2.24) is 4.98 Å². The van der Waals surface area contributed by atoms with Gasteiger partial charge in [0.2, 0.25) is 0 Å². The van der Waals surface area contributed by atoms with Gasteiger partial charge in [-0.1, -0.05) is 11.6 Å². The van der Waals surface area contributed by atoms with Gasteiger partial charge in [-0.2, -0.15) is 13.2 Å². The summed E-state index contributed by atoms with van der Waals surface area (Å²) in [7, 11) is 0. The number of halogens is 4. The number of carbonyl (C=O) groups is 1. The van der Waals surface area contributed by atoms with Gasteiger partial charge in [0.15, 0.2) is 5.54 Å². The number of amides is 1. The molecule has 0 saturated heterocycles. The average Bonchev–Trinajstić information content (AvgIpc) is 2.15. The number of anilines is 1. The minimum absolute atomic E-state index is 0.0941. The first-order valence-electron chi connectivity index (χ1n) is 4.43. The second kappa shape index (κ2) is 4.50. The van der Waals surface area contributed by atoms with Gasteiger partial charge in [-0.3, -0.25) is 4.79 Å². The van der Waals surface area contributed by atoms with Crippen LogP contribution < -0.4 is 11.1 Å². The van der Waals surface area contributed by atoms with Crippen LogP contribution in [0.4, 0.5) is 19.0 Å². The van der Waals surface area contributed by atoms with E-state index in [0.29, 0.717) is 6.92 Å². The lowest BCUT2D eigenvalue weighted by Crippen LogP contribution is -2.59. The topological polar surface area (TPSA) is 68.0 Å². The number of nitrogens with zero attached hydrogens (tertiary/aromatic N) is 1. The Morgan fingerprint density at radius 3 is 2.59 bits per heavy atom. The second-order valence-electron chi connectivity index (χ2n) is 3.51. The lowest BCUT2D eigenvalue weighted by Gasteiger charge is -2.25. The van der Waals surface area contributed by atoms with Gasteiger partial charge in [-0.25, -0.2) is 4.98 Å². The van der Waals surface area contributed by atoms with E-state index in [1.165, 1.54) is 18.3 Å². The Morgan fingerprint density at radius 1 is 1.53 bits per heavy atom. The van der Waals surface area contributed by atoms with Crippen molar-refractivity contribution in [2.24, 2.45) is 5.73 Å². The van der Waals surface area contributed by atoms with E-state index in [2.05, 4.69) is 4.98 Å². The van der Waals surface area contributed by atoms with Crippen LogP contribution >= 0.6 is 11.6 Å².